The fourth-order valence-corrected chi connectivity index (χ4v) is 4.07. The predicted octanol–water partition coefficient (Wildman–Crippen LogP) is 5.02. The van der Waals surface area contributed by atoms with Gasteiger partial charge in [0.1, 0.15) is 15.0 Å². The van der Waals surface area contributed by atoms with Crippen LogP contribution in [0.2, 0.25) is 5.02 Å². The average Bonchev–Trinajstić information content (AvgIpc) is 2.71. The summed E-state index contributed by atoms with van der Waals surface area (Å²) in [5.41, 5.74) is 9.28. The number of hydrogen-bond donors (Lipinski definition) is 2. The average molecular weight is 526 g/mol. The lowest BCUT2D eigenvalue weighted by Gasteiger charge is -2.41. The second kappa shape index (κ2) is 8.63. The molecule has 1 aromatic heterocycles. The molecule has 7 heteroatoms. The van der Waals surface area contributed by atoms with E-state index in [4.69, 9.17) is 26.8 Å². The molecule has 29 heavy (non-hydrogen) atoms. The van der Waals surface area contributed by atoms with Crippen LogP contribution in [0, 0.1) is 0 Å². The van der Waals surface area contributed by atoms with Gasteiger partial charge in [0, 0.05) is 34.3 Å². The number of aromatic nitrogens is 1. The molecule has 0 radical (unpaired) electrons. The van der Waals surface area contributed by atoms with Gasteiger partial charge in [-0.3, -0.25) is 4.98 Å². The molecular weight excluding hydrogens is 501 g/mol. The zero-order valence-electron chi connectivity index (χ0n) is 16.9. The molecule has 2 aromatic carbocycles. The summed E-state index contributed by atoms with van der Waals surface area (Å²) in [5.74, 6) is 1.58. The zero-order chi connectivity index (χ0) is 21.2. The Kier molecular flexibility index (Phi) is 6.57. The number of benzene rings is 2. The van der Waals surface area contributed by atoms with E-state index in [1.807, 2.05) is 42.5 Å². The minimum absolute atomic E-state index is 0.463. The molecule has 1 heterocycles. The topological polar surface area (TPSA) is 69.4 Å². The van der Waals surface area contributed by atoms with E-state index < -0.39 is 9.08 Å². The maximum absolute atomic E-state index is 6.92. The van der Waals surface area contributed by atoms with Crippen LogP contribution >= 0.6 is 34.2 Å². The van der Waals surface area contributed by atoms with E-state index in [-0.39, 0.29) is 0 Å². The van der Waals surface area contributed by atoms with Crippen LogP contribution in [0.1, 0.15) is 25.0 Å². The quantitative estimate of drug-likeness (QED) is 0.258. The van der Waals surface area contributed by atoms with Crippen molar-refractivity contribution >= 4 is 45.1 Å². The van der Waals surface area contributed by atoms with Crippen molar-refractivity contribution in [2.24, 2.45) is 5.73 Å². The third kappa shape index (κ3) is 4.45. The first-order chi connectivity index (χ1) is 13.7. The van der Waals surface area contributed by atoms with Gasteiger partial charge in [-0.15, -0.1) is 0 Å². The number of nitrogens with one attached hydrogen (secondary N) is 1. The molecule has 5 nitrogen and oxygen atoms in total. The lowest BCUT2D eigenvalue weighted by Crippen LogP contribution is -2.58. The lowest BCUT2D eigenvalue weighted by atomic mass is 9.87. The third-order valence-electron chi connectivity index (χ3n) is 5.21. The first-order valence-electron chi connectivity index (χ1n) is 9.18. The highest BCUT2D eigenvalue weighted by Gasteiger charge is 2.42. The number of hydrogen-bond acceptors (Lipinski definition) is 5. The molecule has 154 valence electrons. The smallest absolute Gasteiger partial charge is 0.123 e. The van der Waals surface area contributed by atoms with Gasteiger partial charge in [-0.05, 0) is 55.8 Å². The maximum Gasteiger partial charge on any atom is 0.123 e. The minimum Gasteiger partial charge on any atom is -0.497 e. The molecule has 3 N–H and O–H groups in total. The predicted molar refractivity (Wildman–Crippen MR) is 127 cm³/mol. The van der Waals surface area contributed by atoms with Crippen molar-refractivity contribution in [1.82, 2.24) is 10.3 Å². The van der Waals surface area contributed by atoms with Crippen LogP contribution < -0.4 is 20.5 Å². The van der Waals surface area contributed by atoms with Crippen LogP contribution in [0.5, 0.6) is 11.5 Å². The normalized spacial score (nSPS) is 13.9. The highest BCUT2D eigenvalue weighted by atomic mass is 127. The fourth-order valence-electron chi connectivity index (χ4n) is 3.24. The van der Waals surface area contributed by atoms with Gasteiger partial charge in [-0.2, -0.15) is 0 Å². The molecular formula is C22H25ClIN3O2. The van der Waals surface area contributed by atoms with E-state index in [0.29, 0.717) is 11.6 Å². The Balaban J connectivity index is 1.93. The van der Waals surface area contributed by atoms with Crippen LogP contribution in [0.15, 0.2) is 48.7 Å². The number of fused-ring (bicyclic) bond motifs is 1. The molecule has 0 aliphatic rings. The third-order valence-corrected chi connectivity index (χ3v) is 7.38. The molecule has 0 saturated carbocycles. The number of ether oxygens (including phenoxy) is 2. The molecule has 0 saturated heterocycles. The maximum atomic E-state index is 6.92. The van der Waals surface area contributed by atoms with Crippen molar-refractivity contribution in [2.45, 2.75) is 29.5 Å². The van der Waals surface area contributed by atoms with E-state index in [0.717, 1.165) is 33.5 Å². The number of rotatable bonds is 7. The minimum atomic E-state index is -0.716. The number of nitrogens with zero attached hydrogens (tertiary/aromatic N) is 1. The van der Waals surface area contributed by atoms with Gasteiger partial charge in [0.05, 0.1) is 19.7 Å². The molecule has 1 unspecified atom stereocenters. The van der Waals surface area contributed by atoms with Crippen LogP contribution in [0.4, 0.5) is 0 Å². The molecule has 0 fully saturated rings. The number of methoxy groups -OCH3 is 2. The molecule has 0 bridgehead atoms. The molecule has 3 aromatic rings. The second-order valence-corrected chi connectivity index (χ2v) is 9.53. The Morgan fingerprint density at radius 1 is 1.10 bits per heavy atom. The number of nitrogens with two attached hydrogens (primary N) is 1. The van der Waals surface area contributed by atoms with Crippen LogP contribution in [0.25, 0.3) is 10.9 Å². The summed E-state index contributed by atoms with van der Waals surface area (Å²) in [6, 6.07) is 13.4. The van der Waals surface area contributed by atoms with Crippen molar-refractivity contribution in [3.8, 4) is 11.5 Å². The van der Waals surface area contributed by atoms with Gasteiger partial charge in [-0.25, -0.2) is 0 Å². The Hall–Kier alpha value is -1.61. The molecule has 3 rings (SSSR count). The SMILES string of the molecule is COc1ccc(OC)c(CNC(C)(C)C(N)(I)c2ccnc3cc(Cl)ccc23)c1. The van der Waals surface area contributed by atoms with Crippen molar-refractivity contribution in [2.75, 3.05) is 14.2 Å². The summed E-state index contributed by atoms with van der Waals surface area (Å²) in [6.07, 6.45) is 1.77. The van der Waals surface area contributed by atoms with Crippen molar-refractivity contribution in [3.05, 3.63) is 64.8 Å². The first kappa shape index (κ1) is 22.1. The summed E-state index contributed by atoms with van der Waals surface area (Å²) in [7, 11) is 3.32. The van der Waals surface area contributed by atoms with E-state index >= 15 is 0 Å². The van der Waals surface area contributed by atoms with E-state index in [2.05, 4.69) is 46.7 Å². The van der Waals surface area contributed by atoms with Crippen molar-refractivity contribution in [1.29, 1.82) is 0 Å². The van der Waals surface area contributed by atoms with Crippen molar-refractivity contribution < 1.29 is 9.47 Å². The standard InChI is InChI=1S/C22H25ClIN3O2/c1-21(2,27-13-14-11-16(28-3)6-8-20(14)29-4)22(24,25)18-9-10-26-19-12-15(23)5-7-17(18)19/h5-12,27H,13,25H2,1-4H3. The summed E-state index contributed by atoms with van der Waals surface area (Å²) in [4.78, 5) is 4.44. The van der Waals surface area contributed by atoms with Gasteiger partial charge < -0.3 is 20.5 Å². The number of pyridine rings is 1. The van der Waals surface area contributed by atoms with Gasteiger partial charge in [-0.1, -0.05) is 40.3 Å². The van der Waals surface area contributed by atoms with Gasteiger partial charge in [0.15, 0.2) is 0 Å². The Labute approximate surface area is 190 Å². The van der Waals surface area contributed by atoms with Gasteiger partial charge in [0.2, 0.25) is 0 Å². The summed E-state index contributed by atoms with van der Waals surface area (Å²) in [5, 5.41) is 5.24. The number of halogens is 2. The number of alkyl halides is 1. The second-order valence-electron chi connectivity index (χ2n) is 7.39. The Morgan fingerprint density at radius 3 is 2.55 bits per heavy atom. The summed E-state index contributed by atoms with van der Waals surface area (Å²) in [6.45, 7) is 4.76. The van der Waals surface area contributed by atoms with Gasteiger partial charge in [0.25, 0.3) is 0 Å². The molecule has 1 atom stereocenters. The lowest BCUT2D eigenvalue weighted by molar-refractivity contribution is 0.304. The first-order valence-corrected chi connectivity index (χ1v) is 10.6. The van der Waals surface area contributed by atoms with E-state index in [1.54, 1.807) is 20.4 Å². The molecule has 0 spiro atoms. The van der Waals surface area contributed by atoms with Crippen molar-refractivity contribution in [3.63, 3.8) is 0 Å². The van der Waals surface area contributed by atoms with Crippen LogP contribution in [-0.2, 0) is 10.1 Å². The monoisotopic (exact) mass is 525 g/mol. The van der Waals surface area contributed by atoms with Crippen LogP contribution in [-0.4, -0.2) is 24.7 Å². The highest BCUT2D eigenvalue weighted by Crippen LogP contribution is 2.40. The zero-order valence-corrected chi connectivity index (χ0v) is 19.8. The summed E-state index contributed by atoms with van der Waals surface area (Å²) >= 11 is 8.45. The highest BCUT2D eigenvalue weighted by molar-refractivity contribution is 14.1. The molecule has 0 aliphatic carbocycles. The largest absolute Gasteiger partial charge is 0.497 e. The molecule has 0 aliphatic heterocycles. The molecule has 0 amide bonds. The fraction of sp³-hybridized carbons (Fsp3) is 0.318. The van der Waals surface area contributed by atoms with E-state index in [9.17, 15) is 0 Å². The van der Waals surface area contributed by atoms with E-state index in [1.165, 1.54) is 0 Å². The summed E-state index contributed by atoms with van der Waals surface area (Å²) < 4.78 is 10.1. The Morgan fingerprint density at radius 2 is 1.86 bits per heavy atom. The van der Waals surface area contributed by atoms with Gasteiger partial charge >= 0.3 is 0 Å². The Bertz CT molecular complexity index is 1020. The van der Waals surface area contributed by atoms with Crippen LogP contribution in [0.3, 0.4) is 0 Å².